The summed E-state index contributed by atoms with van der Waals surface area (Å²) in [5.74, 6) is -2.61. The highest BCUT2D eigenvalue weighted by Crippen LogP contribution is 2.04. The Morgan fingerprint density at radius 2 is 1.00 bits per heavy atom. The van der Waals surface area contributed by atoms with Crippen molar-refractivity contribution in [1.29, 1.82) is 0 Å². The second-order valence-corrected chi connectivity index (χ2v) is 7.31. The van der Waals surface area contributed by atoms with Crippen LogP contribution in [0.3, 0.4) is 0 Å². The van der Waals surface area contributed by atoms with Gasteiger partial charge in [-0.1, -0.05) is 20.8 Å². The first kappa shape index (κ1) is 28.2. The quantitative estimate of drug-likeness (QED) is 0.198. The van der Waals surface area contributed by atoms with Crippen molar-refractivity contribution >= 4 is 29.5 Å². The third kappa shape index (κ3) is 10.2. The Balaban J connectivity index is 5.29. The number of hydrogen-bond donors (Lipinski definition) is 4. The number of hydrogen-bond acceptors (Lipinski definition) is 8. The van der Waals surface area contributed by atoms with E-state index >= 15 is 0 Å². The molecule has 0 aromatic carbocycles. The molecule has 0 saturated carbocycles. The second kappa shape index (κ2) is 14.3. The number of primary amides is 1. The molecule has 5 amide bonds. The predicted octanol–water partition coefficient (Wildman–Crippen LogP) is -3.40. The Bertz CT molecular complexity index is 642. The monoisotopic (exact) mass is 444 g/mol. The Hall–Kier alpha value is -2.77. The third-order valence-electron chi connectivity index (χ3n) is 4.29. The molecule has 0 aliphatic carbocycles. The molecule has 0 aromatic rings. The Morgan fingerprint density at radius 3 is 1.35 bits per heavy atom. The van der Waals surface area contributed by atoms with E-state index in [0.717, 1.165) is 9.80 Å². The number of carbonyl (C=O) groups is 5. The van der Waals surface area contributed by atoms with E-state index in [1.165, 1.54) is 9.80 Å². The molecule has 13 nitrogen and oxygen atoms in total. The summed E-state index contributed by atoms with van der Waals surface area (Å²) in [5, 5.41) is 0. The maximum atomic E-state index is 12.7. The lowest BCUT2D eigenvalue weighted by Crippen LogP contribution is -2.52. The fourth-order valence-electron chi connectivity index (χ4n) is 2.66. The first-order valence-electron chi connectivity index (χ1n) is 10.00. The molecule has 0 bridgehead atoms. The van der Waals surface area contributed by atoms with Crippen LogP contribution in [0, 0.1) is 5.92 Å². The summed E-state index contributed by atoms with van der Waals surface area (Å²) in [7, 11) is 0. The lowest BCUT2D eigenvalue weighted by Gasteiger charge is -2.30. The molecule has 178 valence electrons. The van der Waals surface area contributed by atoms with Gasteiger partial charge in [0.1, 0.15) is 19.6 Å². The van der Waals surface area contributed by atoms with Gasteiger partial charge in [-0.25, -0.2) is 0 Å². The number of carbonyl (C=O) groups excluding carboxylic acids is 5. The highest BCUT2D eigenvalue weighted by Gasteiger charge is 2.26. The Morgan fingerprint density at radius 1 is 0.645 bits per heavy atom. The van der Waals surface area contributed by atoms with Crippen molar-refractivity contribution in [2.45, 2.75) is 27.2 Å². The molecule has 0 aromatic heterocycles. The number of amides is 5. The highest BCUT2D eigenvalue weighted by atomic mass is 16.2. The van der Waals surface area contributed by atoms with Crippen LogP contribution in [0.25, 0.3) is 0 Å². The zero-order valence-electron chi connectivity index (χ0n) is 18.6. The Labute approximate surface area is 182 Å². The maximum Gasteiger partial charge on any atom is 0.243 e. The summed E-state index contributed by atoms with van der Waals surface area (Å²) in [4.78, 5) is 65.3. The van der Waals surface area contributed by atoms with E-state index in [1.54, 1.807) is 6.92 Å². The smallest absolute Gasteiger partial charge is 0.243 e. The molecular weight excluding hydrogens is 408 g/mol. The zero-order chi connectivity index (χ0) is 24.1. The van der Waals surface area contributed by atoms with Crippen LogP contribution in [-0.4, -0.2) is 102 Å². The summed E-state index contributed by atoms with van der Waals surface area (Å²) in [6, 6.07) is 0. The number of nitrogens with two attached hydrogens (primary N) is 4. The van der Waals surface area contributed by atoms with Crippen LogP contribution >= 0.6 is 0 Å². The number of rotatable bonds is 14. The molecule has 0 aliphatic rings. The molecule has 0 spiro atoms. The standard InChI is InChI=1S/C18H36N8O5/c1-4-15(28)25(11-20)8-16(29)23(5-13(2)3)7-17(30)26(12-21)9-18(31)24(10-19)6-14(22)27/h13H,4-12,19-21H2,1-3H3,(H2,22,27). The van der Waals surface area contributed by atoms with Gasteiger partial charge in [0, 0.05) is 13.0 Å². The minimum Gasteiger partial charge on any atom is -0.368 e. The van der Waals surface area contributed by atoms with Gasteiger partial charge in [0.25, 0.3) is 0 Å². The zero-order valence-corrected chi connectivity index (χ0v) is 18.6. The molecule has 13 heteroatoms. The summed E-state index contributed by atoms with van der Waals surface area (Å²) in [5.41, 5.74) is 21.7. The summed E-state index contributed by atoms with van der Waals surface area (Å²) in [6.07, 6.45) is 0.194. The van der Waals surface area contributed by atoms with E-state index in [0.29, 0.717) is 0 Å². The van der Waals surface area contributed by atoms with Crippen molar-refractivity contribution in [1.82, 2.24) is 19.6 Å². The average molecular weight is 445 g/mol. The van der Waals surface area contributed by atoms with Gasteiger partial charge < -0.3 is 42.5 Å². The van der Waals surface area contributed by atoms with E-state index in [9.17, 15) is 24.0 Å². The van der Waals surface area contributed by atoms with E-state index < -0.39 is 30.2 Å². The molecular formula is C18H36N8O5. The number of nitrogens with zero attached hydrogens (tertiary/aromatic N) is 4. The van der Waals surface area contributed by atoms with Crippen molar-refractivity contribution in [3.8, 4) is 0 Å². The van der Waals surface area contributed by atoms with Crippen molar-refractivity contribution in [3.05, 3.63) is 0 Å². The average Bonchev–Trinajstić information content (AvgIpc) is 2.71. The van der Waals surface area contributed by atoms with Crippen LogP contribution in [-0.2, 0) is 24.0 Å². The van der Waals surface area contributed by atoms with Gasteiger partial charge in [-0.05, 0) is 5.92 Å². The Kier molecular flexibility index (Phi) is 13.0. The third-order valence-corrected chi connectivity index (χ3v) is 4.29. The van der Waals surface area contributed by atoms with Gasteiger partial charge >= 0.3 is 0 Å². The molecule has 0 radical (unpaired) electrons. The van der Waals surface area contributed by atoms with Gasteiger partial charge in [0.2, 0.25) is 29.5 Å². The fraction of sp³-hybridized carbons (Fsp3) is 0.722. The molecule has 0 atom stereocenters. The molecule has 8 N–H and O–H groups in total. The van der Waals surface area contributed by atoms with E-state index in [-0.39, 0.29) is 64.4 Å². The molecule has 0 aliphatic heterocycles. The van der Waals surface area contributed by atoms with Crippen molar-refractivity contribution in [3.63, 3.8) is 0 Å². The normalized spacial score (nSPS) is 10.5. The minimum absolute atomic E-state index is 0.0428. The summed E-state index contributed by atoms with van der Waals surface area (Å²) in [6.45, 7) is 3.58. The van der Waals surface area contributed by atoms with Gasteiger partial charge in [-0.2, -0.15) is 0 Å². The van der Waals surface area contributed by atoms with Crippen LogP contribution in [0.2, 0.25) is 0 Å². The van der Waals surface area contributed by atoms with Gasteiger partial charge in [0.05, 0.1) is 26.6 Å². The summed E-state index contributed by atoms with van der Waals surface area (Å²) < 4.78 is 0. The van der Waals surface area contributed by atoms with E-state index in [4.69, 9.17) is 22.9 Å². The predicted molar refractivity (Wildman–Crippen MR) is 113 cm³/mol. The topological polar surface area (TPSA) is 202 Å². The van der Waals surface area contributed by atoms with Crippen molar-refractivity contribution in [2.75, 3.05) is 52.7 Å². The van der Waals surface area contributed by atoms with Crippen LogP contribution in [0.5, 0.6) is 0 Å². The largest absolute Gasteiger partial charge is 0.368 e. The van der Waals surface area contributed by atoms with Crippen LogP contribution in [0.1, 0.15) is 27.2 Å². The summed E-state index contributed by atoms with van der Waals surface area (Å²) >= 11 is 0. The second-order valence-electron chi connectivity index (χ2n) is 7.31. The van der Waals surface area contributed by atoms with Gasteiger partial charge in [-0.3, -0.25) is 24.0 Å². The lowest BCUT2D eigenvalue weighted by molar-refractivity contribution is -0.146. The minimum atomic E-state index is -0.746. The van der Waals surface area contributed by atoms with E-state index in [2.05, 4.69) is 0 Å². The van der Waals surface area contributed by atoms with Crippen LogP contribution < -0.4 is 22.9 Å². The fourth-order valence-corrected chi connectivity index (χ4v) is 2.66. The van der Waals surface area contributed by atoms with Crippen LogP contribution in [0.15, 0.2) is 0 Å². The van der Waals surface area contributed by atoms with Gasteiger partial charge in [-0.15, -0.1) is 0 Å². The first-order chi connectivity index (χ1) is 14.5. The molecule has 0 heterocycles. The SMILES string of the molecule is CCC(=O)N(CN)CC(=O)N(CC(=O)N(CN)CC(=O)N(CN)CC(N)=O)CC(C)C. The molecule has 0 unspecified atom stereocenters. The molecule has 0 rings (SSSR count). The van der Waals surface area contributed by atoms with Crippen molar-refractivity contribution < 1.29 is 24.0 Å². The maximum absolute atomic E-state index is 12.7. The van der Waals surface area contributed by atoms with E-state index in [1.807, 2.05) is 13.8 Å². The van der Waals surface area contributed by atoms with Crippen LogP contribution in [0.4, 0.5) is 0 Å². The van der Waals surface area contributed by atoms with Crippen molar-refractivity contribution in [2.24, 2.45) is 28.9 Å². The first-order valence-corrected chi connectivity index (χ1v) is 10.00. The molecule has 31 heavy (non-hydrogen) atoms. The highest BCUT2D eigenvalue weighted by molar-refractivity contribution is 5.91. The molecule has 0 fully saturated rings. The van der Waals surface area contributed by atoms with Gasteiger partial charge in [0.15, 0.2) is 0 Å². The lowest BCUT2D eigenvalue weighted by atomic mass is 10.2. The molecule has 0 saturated heterocycles.